The number of benzene rings is 1. The zero-order valence-corrected chi connectivity index (χ0v) is 19.1. The number of aliphatic carboxylic acids is 1. The van der Waals surface area contributed by atoms with Gasteiger partial charge in [0.05, 0.1) is 25.1 Å². The molecule has 0 fully saturated rings. The van der Waals surface area contributed by atoms with Crippen LogP contribution in [0.2, 0.25) is 0 Å². The van der Waals surface area contributed by atoms with E-state index in [0.29, 0.717) is 5.88 Å². The number of anilines is 1. The first-order chi connectivity index (χ1) is 16.6. The van der Waals surface area contributed by atoms with E-state index in [0.717, 1.165) is 60.2 Å². The van der Waals surface area contributed by atoms with Crippen molar-refractivity contribution in [2.45, 2.75) is 38.1 Å². The lowest BCUT2D eigenvalue weighted by Crippen LogP contribution is -2.16. The molecular weight excluding hydrogens is 430 g/mol. The van der Waals surface area contributed by atoms with Crippen LogP contribution < -0.4 is 10.1 Å². The Morgan fingerprint density at radius 3 is 2.91 bits per heavy atom. The number of aromatic nitrogens is 4. The van der Waals surface area contributed by atoms with Crippen LogP contribution in [-0.2, 0) is 24.1 Å². The van der Waals surface area contributed by atoms with E-state index in [-0.39, 0.29) is 6.42 Å². The summed E-state index contributed by atoms with van der Waals surface area (Å²) in [6, 6.07) is 13.6. The summed E-state index contributed by atoms with van der Waals surface area (Å²) in [5.74, 6) is 0.614. The van der Waals surface area contributed by atoms with Crippen molar-refractivity contribution in [3.63, 3.8) is 0 Å². The van der Waals surface area contributed by atoms with Gasteiger partial charge in [-0.1, -0.05) is 12.1 Å². The monoisotopic (exact) mass is 457 g/mol. The summed E-state index contributed by atoms with van der Waals surface area (Å²) in [4.78, 5) is 20.6. The van der Waals surface area contributed by atoms with Crippen LogP contribution in [0.5, 0.6) is 5.88 Å². The fourth-order valence-electron chi connectivity index (χ4n) is 4.43. The molecule has 1 aliphatic heterocycles. The molecule has 1 aliphatic rings. The summed E-state index contributed by atoms with van der Waals surface area (Å²) in [5, 5.41) is 18.5. The number of carboxylic acid groups (broad SMARTS) is 1. The number of carbonyl (C=O) groups is 1. The second-order valence-corrected chi connectivity index (χ2v) is 8.59. The Morgan fingerprint density at radius 1 is 1.21 bits per heavy atom. The summed E-state index contributed by atoms with van der Waals surface area (Å²) in [6.07, 6.45) is 7.44. The number of aryl methyl sites for hydroxylation is 3. The molecule has 0 spiro atoms. The summed E-state index contributed by atoms with van der Waals surface area (Å²) in [7, 11) is 1.55. The third-order valence-corrected chi connectivity index (χ3v) is 6.25. The first-order valence-corrected chi connectivity index (χ1v) is 11.5. The highest BCUT2D eigenvalue weighted by Gasteiger charge is 2.20. The van der Waals surface area contributed by atoms with Crippen LogP contribution in [0.1, 0.15) is 41.3 Å². The van der Waals surface area contributed by atoms with E-state index < -0.39 is 12.0 Å². The first kappa shape index (κ1) is 21.9. The lowest BCUT2D eigenvalue weighted by atomic mass is 10.0. The zero-order valence-electron chi connectivity index (χ0n) is 19.1. The topological polar surface area (TPSA) is 102 Å². The molecule has 0 bridgehead atoms. The highest BCUT2D eigenvalue weighted by molar-refractivity contribution is 5.79. The van der Waals surface area contributed by atoms with Crippen molar-refractivity contribution in [1.82, 2.24) is 19.7 Å². The van der Waals surface area contributed by atoms with Crippen molar-refractivity contribution >= 4 is 22.7 Å². The standard InChI is InChI=1S/C26H27N5O3/c1-34-24-11-7-19(15-28-24)23(14-25(32)33)31-16-20-13-17(5-10-22(20)30-31)4-8-21-9-6-18-3-2-12-27-26(18)29-21/h5-7,9-11,13,15-16,23H,2-4,8,12,14H2,1H3,(H,27,29)(H,32,33). The maximum atomic E-state index is 11.6. The number of rotatable bonds is 8. The molecule has 3 aromatic heterocycles. The Kier molecular flexibility index (Phi) is 6.12. The third kappa shape index (κ3) is 4.71. The van der Waals surface area contributed by atoms with E-state index in [4.69, 9.17) is 9.72 Å². The van der Waals surface area contributed by atoms with E-state index in [1.54, 1.807) is 24.1 Å². The van der Waals surface area contributed by atoms with Gasteiger partial charge in [-0.25, -0.2) is 9.97 Å². The Balaban J connectivity index is 1.36. The number of nitrogens with zero attached hydrogens (tertiary/aromatic N) is 4. The molecule has 5 rings (SSSR count). The lowest BCUT2D eigenvalue weighted by Gasteiger charge is -2.17. The van der Waals surface area contributed by atoms with Crippen molar-refractivity contribution in [3.8, 4) is 5.88 Å². The summed E-state index contributed by atoms with van der Waals surface area (Å²) in [6.45, 7) is 0.986. The Morgan fingerprint density at radius 2 is 2.12 bits per heavy atom. The van der Waals surface area contributed by atoms with Crippen molar-refractivity contribution in [2.75, 3.05) is 19.0 Å². The number of ether oxygens (including phenoxy) is 1. The number of carboxylic acids is 1. The van der Waals surface area contributed by atoms with E-state index in [9.17, 15) is 9.90 Å². The zero-order chi connectivity index (χ0) is 23.5. The Labute approximate surface area is 197 Å². The smallest absolute Gasteiger partial charge is 0.305 e. The molecule has 2 N–H and O–H groups in total. The number of hydrogen-bond donors (Lipinski definition) is 2. The molecule has 8 heteroatoms. The second kappa shape index (κ2) is 9.51. The van der Waals surface area contributed by atoms with Gasteiger partial charge >= 0.3 is 5.97 Å². The fourth-order valence-corrected chi connectivity index (χ4v) is 4.43. The molecule has 4 heterocycles. The normalized spacial score (nSPS) is 13.8. The Bertz CT molecular complexity index is 1320. The molecule has 0 amide bonds. The number of hydrogen-bond acceptors (Lipinski definition) is 6. The van der Waals surface area contributed by atoms with Gasteiger partial charge in [-0.2, -0.15) is 5.10 Å². The van der Waals surface area contributed by atoms with Crippen molar-refractivity contribution < 1.29 is 14.6 Å². The highest BCUT2D eigenvalue weighted by atomic mass is 16.5. The minimum absolute atomic E-state index is 0.0904. The van der Waals surface area contributed by atoms with E-state index in [1.165, 1.54) is 11.1 Å². The van der Waals surface area contributed by atoms with Gasteiger partial charge in [-0.05, 0) is 66.6 Å². The van der Waals surface area contributed by atoms with E-state index in [2.05, 4.69) is 39.7 Å². The van der Waals surface area contributed by atoms with Gasteiger partial charge in [-0.3, -0.25) is 9.48 Å². The molecular formula is C26H27N5O3. The largest absolute Gasteiger partial charge is 0.481 e. The van der Waals surface area contributed by atoms with Gasteiger partial charge in [0, 0.05) is 36.1 Å². The minimum atomic E-state index is -0.895. The molecule has 34 heavy (non-hydrogen) atoms. The molecule has 0 radical (unpaired) electrons. The van der Waals surface area contributed by atoms with Crippen LogP contribution in [0.25, 0.3) is 10.9 Å². The van der Waals surface area contributed by atoms with Gasteiger partial charge in [0.2, 0.25) is 5.88 Å². The van der Waals surface area contributed by atoms with Gasteiger partial charge in [0.15, 0.2) is 0 Å². The molecule has 8 nitrogen and oxygen atoms in total. The maximum absolute atomic E-state index is 11.6. The molecule has 1 aromatic carbocycles. The first-order valence-electron chi connectivity index (χ1n) is 11.5. The molecule has 0 saturated heterocycles. The number of pyridine rings is 2. The van der Waals surface area contributed by atoms with Crippen LogP contribution in [-0.4, -0.2) is 44.5 Å². The van der Waals surface area contributed by atoms with E-state index in [1.807, 2.05) is 18.3 Å². The van der Waals surface area contributed by atoms with Crippen LogP contribution in [0.4, 0.5) is 5.82 Å². The quantitative estimate of drug-likeness (QED) is 0.412. The van der Waals surface area contributed by atoms with E-state index >= 15 is 0 Å². The third-order valence-electron chi connectivity index (χ3n) is 6.25. The molecule has 0 aliphatic carbocycles. The maximum Gasteiger partial charge on any atom is 0.305 e. The number of fused-ring (bicyclic) bond motifs is 2. The average molecular weight is 458 g/mol. The van der Waals surface area contributed by atoms with Gasteiger partial charge < -0.3 is 15.2 Å². The molecule has 4 aromatic rings. The van der Waals surface area contributed by atoms with Crippen LogP contribution in [0, 0.1) is 0 Å². The van der Waals surface area contributed by atoms with Gasteiger partial charge in [-0.15, -0.1) is 0 Å². The summed E-state index contributed by atoms with van der Waals surface area (Å²) >= 11 is 0. The predicted octanol–water partition coefficient (Wildman–Crippen LogP) is 4.04. The minimum Gasteiger partial charge on any atom is -0.481 e. The van der Waals surface area contributed by atoms with Crippen LogP contribution in [0.15, 0.2) is 54.9 Å². The molecule has 1 atom stereocenters. The lowest BCUT2D eigenvalue weighted by molar-refractivity contribution is -0.137. The van der Waals surface area contributed by atoms with Crippen LogP contribution in [0.3, 0.4) is 0 Å². The Hall–Kier alpha value is -3.94. The van der Waals surface area contributed by atoms with Crippen molar-refractivity contribution in [3.05, 3.63) is 77.2 Å². The van der Waals surface area contributed by atoms with Gasteiger partial charge in [0.25, 0.3) is 0 Å². The predicted molar refractivity (Wildman–Crippen MR) is 129 cm³/mol. The summed E-state index contributed by atoms with van der Waals surface area (Å²) in [5.41, 5.74) is 5.17. The molecule has 174 valence electrons. The summed E-state index contributed by atoms with van der Waals surface area (Å²) < 4.78 is 6.85. The SMILES string of the molecule is COc1ccc(C(CC(=O)O)n2cc3cc(CCc4ccc5c(n4)NCCC5)ccc3n2)cn1. The average Bonchev–Trinajstić information content (AvgIpc) is 3.29. The highest BCUT2D eigenvalue weighted by Crippen LogP contribution is 2.26. The van der Waals surface area contributed by atoms with Gasteiger partial charge in [0.1, 0.15) is 5.82 Å². The number of methoxy groups -OCH3 is 1. The molecule has 1 unspecified atom stereocenters. The second-order valence-electron chi connectivity index (χ2n) is 8.59. The van der Waals surface area contributed by atoms with Crippen LogP contribution >= 0.6 is 0 Å². The number of nitrogens with one attached hydrogen (secondary N) is 1. The van der Waals surface area contributed by atoms with Crippen molar-refractivity contribution in [1.29, 1.82) is 0 Å². The molecule has 0 saturated carbocycles. The van der Waals surface area contributed by atoms with Crippen molar-refractivity contribution in [2.24, 2.45) is 0 Å². The fraction of sp³-hybridized carbons (Fsp3) is 0.308.